The molecule has 60 heavy (non-hydrogen) atoms. The first-order valence-electron chi connectivity index (χ1n) is 20.5. The van der Waals surface area contributed by atoms with Gasteiger partial charge in [0.1, 0.15) is 11.5 Å². The first-order chi connectivity index (χ1) is 29.7. The molecule has 0 spiro atoms. The molecule has 0 saturated heterocycles. The lowest BCUT2D eigenvalue weighted by molar-refractivity contribution is 0.173. The Morgan fingerprint density at radius 2 is 0.650 bits per heavy atom. The zero-order valence-electron chi connectivity index (χ0n) is 32.7. The van der Waals surface area contributed by atoms with Crippen molar-refractivity contribution in [3.63, 3.8) is 0 Å². The molecule has 0 atom stereocenters. The predicted molar refractivity (Wildman–Crippen MR) is 235 cm³/mol. The van der Waals surface area contributed by atoms with Crippen LogP contribution in [0.25, 0.3) is 77.9 Å². The molecule has 4 aliphatic rings. The molecule has 0 aliphatic carbocycles. The summed E-state index contributed by atoms with van der Waals surface area (Å²) in [6, 6.07) is 56.8. The third-order valence-electron chi connectivity index (χ3n) is 12.2. The second-order valence-corrected chi connectivity index (χ2v) is 15.6. The van der Waals surface area contributed by atoms with Crippen molar-refractivity contribution < 1.29 is 28.4 Å². The molecule has 6 nitrogen and oxygen atoms in total. The van der Waals surface area contributed by atoms with Gasteiger partial charge in [-0.1, -0.05) is 103 Å². The number of hydrogen-bond donors (Lipinski definition) is 0. The standard InChI is InChI=1S/C54H38O6/c1-2-37(39-13-19-48-42(27-39)23-25-56-48)28-43(3-1)53-45(35-8-4-33(5-9-35)38-12-18-47-41(26-38)22-24-55-47)16-17-46(54(53)44-15-21-50-52(30-44)60-32-58-50)36-10-6-34(7-11-36)40-14-20-49-51(29-40)59-31-57-49/h1-21,26-30H,22-25,31-32H2. The molecule has 8 aromatic carbocycles. The van der Waals surface area contributed by atoms with Crippen molar-refractivity contribution in [2.24, 2.45) is 0 Å². The molecule has 0 unspecified atom stereocenters. The summed E-state index contributed by atoms with van der Waals surface area (Å²) in [5, 5.41) is 0. The molecule has 0 N–H and O–H groups in total. The van der Waals surface area contributed by atoms with E-state index in [9.17, 15) is 0 Å². The summed E-state index contributed by atoms with van der Waals surface area (Å²) in [4.78, 5) is 0. The van der Waals surface area contributed by atoms with E-state index in [-0.39, 0.29) is 13.6 Å². The second kappa shape index (κ2) is 14.1. The van der Waals surface area contributed by atoms with Crippen LogP contribution in [-0.2, 0) is 12.8 Å². The summed E-state index contributed by atoms with van der Waals surface area (Å²) in [7, 11) is 0. The van der Waals surface area contributed by atoms with Crippen LogP contribution in [0.3, 0.4) is 0 Å². The first kappa shape index (κ1) is 34.6. The molecular weight excluding hydrogens is 745 g/mol. The fraction of sp³-hybridized carbons (Fsp3) is 0.111. The van der Waals surface area contributed by atoms with Gasteiger partial charge in [-0.25, -0.2) is 0 Å². The smallest absolute Gasteiger partial charge is 0.231 e. The van der Waals surface area contributed by atoms with Crippen LogP contribution < -0.4 is 28.4 Å². The number of rotatable bonds is 7. The van der Waals surface area contributed by atoms with E-state index in [1.165, 1.54) is 27.8 Å². The average molecular weight is 783 g/mol. The van der Waals surface area contributed by atoms with Gasteiger partial charge in [0, 0.05) is 12.8 Å². The van der Waals surface area contributed by atoms with Crippen molar-refractivity contribution >= 4 is 0 Å². The van der Waals surface area contributed by atoms with Crippen LogP contribution in [0.15, 0.2) is 158 Å². The molecule has 0 fully saturated rings. The zero-order valence-corrected chi connectivity index (χ0v) is 32.7. The van der Waals surface area contributed by atoms with Gasteiger partial charge in [0.2, 0.25) is 13.6 Å². The average Bonchev–Trinajstić information content (AvgIpc) is 4.16. The van der Waals surface area contributed by atoms with E-state index in [4.69, 9.17) is 28.4 Å². The SMILES string of the molecule is c1cc(-c2ccc3c(c2)CCO3)cc(-c2c(-c3ccc(-c4ccc5c(c4)CCO5)cc3)ccc(-c3ccc(-c4ccc5c(c4)OCO5)cc3)c2-c2ccc3c(c2)OCO3)c1. The van der Waals surface area contributed by atoms with Crippen LogP contribution >= 0.6 is 0 Å². The maximum atomic E-state index is 6.00. The lowest BCUT2D eigenvalue weighted by atomic mass is 9.82. The quantitative estimate of drug-likeness (QED) is 0.160. The van der Waals surface area contributed by atoms with Crippen LogP contribution in [0, 0.1) is 0 Å². The third-order valence-corrected chi connectivity index (χ3v) is 12.2. The van der Waals surface area contributed by atoms with Crippen LogP contribution in [0.2, 0.25) is 0 Å². The fourth-order valence-electron chi connectivity index (χ4n) is 9.08. The molecule has 0 aromatic heterocycles. The molecule has 0 amide bonds. The van der Waals surface area contributed by atoms with Crippen molar-refractivity contribution in [3.05, 3.63) is 169 Å². The van der Waals surface area contributed by atoms with Crippen LogP contribution in [0.1, 0.15) is 11.1 Å². The molecule has 6 heteroatoms. The summed E-state index contributed by atoms with van der Waals surface area (Å²) in [6.07, 6.45) is 1.87. The van der Waals surface area contributed by atoms with Gasteiger partial charge in [0.05, 0.1) is 13.2 Å². The highest BCUT2D eigenvalue weighted by atomic mass is 16.7. The minimum atomic E-state index is 0.206. The largest absolute Gasteiger partial charge is 0.493 e. The summed E-state index contributed by atoms with van der Waals surface area (Å²) < 4.78 is 34.8. The monoisotopic (exact) mass is 782 g/mol. The molecule has 8 aromatic rings. The Morgan fingerprint density at radius 1 is 0.267 bits per heavy atom. The summed E-state index contributed by atoms with van der Waals surface area (Å²) in [5.41, 5.74) is 18.3. The Hall–Kier alpha value is -7.44. The third kappa shape index (κ3) is 6.03. The lowest BCUT2D eigenvalue weighted by Crippen LogP contribution is -1.96. The Morgan fingerprint density at radius 3 is 1.22 bits per heavy atom. The van der Waals surface area contributed by atoms with Crippen LogP contribution in [-0.4, -0.2) is 26.8 Å². The molecule has 4 aliphatic heterocycles. The molecular formula is C54H38O6. The maximum Gasteiger partial charge on any atom is 0.231 e. The van der Waals surface area contributed by atoms with Gasteiger partial charge >= 0.3 is 0 Å². The normalized spacial score (nSPS) is 14.1. The highest BCUT2D eigenvalue weighted by Crippen LogP contribution is 2.49. The van der Waals surface area contributed by atoms with Gasteiger partial charge in [0.25, 0.3) is 0 Å². The van der Waals surface area contributed by atoms with Crippen LogP contribution in [0.5, 0.6) is 34.5 Å². The fourth-order valence-corrected chi connectivity index (χ4v) is 9.08. The van der Waals surface area contributed by atoms with Gasteiger partial charge < -0.3 is 28.4 Å². The van der Waals surface area contributed by atoms with Gasteiger partial charge in [-0.3, -0.25) is 0 Å². The van der Waals surface area contributed by atoms with E-state index >= 15 is 0 Å². The minimum absolute atomic E-state index is 0.206. The van der Waals surface area contributed by atoms with E-state index in [1.807, 2.05) is 18.2 Å². The molecule has 12 rings (SSSR count). The molecule has 0 saturated carbocycles. The summed E-state index contributed by atoms with van der Waals surface area (Å²) in [5.74, 6) is 5.02. The molecule has 0 bridgehead atoms. The van der Waals surface area contributed by atoms with E-state index in [0.29, 0.717) is 0 Å². The minimum Gasteiger partial charge on any atom is -0.493 e. The Balaban J connectivity index is 1.04. The number of hydrogen-bond acceptors (Lipinski definition) is 6. The van der Waals surface area contributed by atoms with Crippen molar-refractivity contribution in [1.29, 1.82) is 0 Å². The number of ether oxygens (including phenoxy) is 6. The van der Waals surface area contributed by atoms with E-state index in [2.05, 4.69) is 140 Å². The Bertz CT molecular complexity index is 2980. The number of fused-ring (bicyclic) bond motifs is 4. The van der Waals surface area contributed by atoms with Crippen molar-refractivity contribution in [1.82, 2.24) is 0 Å². The number of benzene rings is 8. The Kier molecular flexibility index (Phi) is 8.15. The summed E-state index contributed by atoms with van der Waals surface area (Å²) >= 11 is 0. The van der Waals surface area contributed by atoms with E-state index < -0.39 is 0 Å². The maximum absolute atomic E-state index is 6.00. The predicted octanol–water partition coefficient (Wildman–Crippen LogP) is 12.7. The van der Waals surface area contributed by atoms with Crippen molar-refractivity contribution in [2.75, 3.05) is 26.8 Å². The molecule has 4 heterocycles. The molecule has 290 valence electrons. The topological polar surface area (TPSA) is 55.4 Å². The highest BCUT2D eigenvalue weighted by molar-refractivity contribution is 6.02. The van der Waals surface area contributed by atoms with E-state index in [0.717, 1.165) is 122 Å². The van der Waals surface area contributed by atoms with Gasteiger partial charge in [-0.05, 0) is 144 Å². The van der Waals surface area contributed by atoms with Crippen molar-refractivity contribution in [2.45, 2.75) is 12.8 Å². The van der Waals surface area contributed by atoms with E-state index in [1.54, 1.807) is 0 Å². The van der Waals surface area contributed by atoms with Gasteiger partial charge in [0.15, 0.2) is 23.0 Å². The van der Waals surface area contributed by atoms with Gasteiger partial charge in [-0.2, -0.15) is 0 Å². The van der Waals surface area contributed by atoms with Crippen molar-refractivity contribution in [3.8, 4) is 112 Å². The van der Waals surface area contributed by atoms with Crippen LogP contribution in [0.4, 0.5) is 0 Å². The molecule has 0 radical (unpaired) electrons. The summed E-state index contributed by atoms with van der Waals surface area (Å²) in [6.45, 7) is 1.93. The zero-order chi connectivity index (χ0) is 39.6. The lowest BCUT2D eigenvalue weighted by Gasteiger charge is -2.22. The highest BCUT2D eigenvalue weighted by Gasteiger charge is 2.24. The Labute approximate surface area is 348 Å². The van der Waals surface area contributed by atoms with Gasteiger partial charge in [-0.15, -0.1) is 0 Å². The second-order valence-electron chi connectivity index (χ2n) is 15.6. The first-order valence-corrected chi connectivity index (χ1v) is 20.5.